The second-order valence-corrected chi connectivity index (χ2v) is 5.71. The zero-order valence-electron chi connectivity index (χ0n) is 12.3. The van der Waals surface area contributed by atoms with Gasteiger partial charge in [0.05, 0.1) is 6.54 Å². The van der Waals surface area contributed by atoms with Gasteiger partial charge in [-0.15, -0.1) is 0 Å². The Labute approximate surface area is 130 Å². The molecule has 8 heteroatoms. The smallest absolute Gasteiger partial charge is 0.361 e. The van der Waals surface area contributed by atoms with Crippen molar-refractivity contribution in [1.82, 2.24) is 15.2 Å². The summed E-state index contributed by atoms with van der Waals surface area (Å²) in [6.45, 7) is -0.388. The van der Waals surface area contributed by atoms with Gasteiger partial charge in [0.2, 0.25) is 0 Å². The van der Waals surface area contributed by atoms with Gasteiger partial charge in [-0.1, -0.05) is 0 Å². The fourth-order valence-corrected chi connectivity index (χ4v) is 2.83. The number of carbonyl (C=O) groups is 1. The van der Waals surface area contributed by atoms with Crippen LogP contribution in [0, 0.1) is 0 Å². The molecule has 3 rings (SSSR count). The van der Waals surface area contributed by atoms with Crippen LogP contribution in [-0.2, 0) is 0 Å². The molecule has 0 aliphatic carbocycles. The van der Waals surface area contributed by atoms with Crippen molar-refractivity contribution in [3.63, 3.8) is 0 Å². The maximum absolute atomic E-state index is 12.3. The monoisotopic (exact) mass is 326 g/mol. The minimum Gasteiger partial charge on any atom is -0.361 e. The third-order valence-corrected chi connectivity index (χ3v) is 3.82. The first-order valence-corrected chi connectivity index (χ1v) is 7.33. The topological polar surface area (TPSA) is 60.2 Å². The molecule has 0 unspecified atom stereocenters. The van der Waals surface area contributed by atoms with E-state index in [1.54, 1.807) is 6.07 Å². The molecule has 0 spiro atoms. The van der Waals surface area contributed by atoms with Crippen molar-refractivity contribution in [1.29, 1.82) is 0 Å². The lowest BCUT2D eigenvalue weighted by atomic mass is 10.2. The first-order chi connectivity index (χ1) is 10.9. The van der Waals surface area contributed by atoms with Crippen molar-refractivity contribution < 1.29 is 18.0 Å². The minimum atomic E-state index is -4.21. The number of carbonyl (C=O) groups excluding carboxylic acids is 1. The number of hydrogen-bond acceptors (Lipinski definition) is 2. The molecule has 2 amide bonds. The zero-order valence-corrected chi connectivity index (χ0v) is 12.3. The molecule has 1 aromatic heterocycles. The maximum atomic E-state index is 12.3. The number of halogens is 3. The van der Waals surface area contributed by atoms with Gasteiger partial charge >= 0.3 is 12.2 Å². The first-order valence-electron chi connectivity index (χ1n) is 7.33. The highest BCUT2D eigenvalue weighted by molar-refractivity contribution is 5.92. The van der Waals surface area contributed by atoms with Crippen LogP contribution in [0.4, 0.5) is 23.7 Å². The number of alkyl halides is 3. The van der Waals surface area contributed by atoms with Gasteiger partial charge in [0, 0.05) is 41.9 Å². The van der Waals surface area contributed by atoms with Crippen molar-refractivity contribution in [3.05, 3.63) is 30.5 Å². The normalized spacial score (nSPS) is 19.2. The number of amides is 2. The maximum Gasteiger partial charge on any atom is 0.401 e. The fourth-order valence-electron chi connectivity index (χ4n) is 2.83. The van der Waals surface area contributed by atoms with Gasteiger partial charge in [-0.25, -0.2) is 4.79 Å². The number of nitrogens with zero attached hydrogens (tertiary/aromatic N) is 1. The Balaban J connectivity index is 1.51. The molecule has 1 aliphatic heterocycles. The van der Waals surface area contributed by atoms with Crippen LogP contribution < -0.4 is 10.6 Å². The summed E-state index contributed by atoms with van der Waals surface area (Å²) in [5.74, 6) is 0. The van der Waals surface area contributed by atoms with Gasteiger partial charge in [-0.3, -0.25) is 4.90 Å². The summed E-state index contributed by atoms with van der Waals surface area (Å²) in [5, 5.41) is 6.40. The molecule has 1 aliphatic rings. The van der Waals surface area contributed by atoms with Gasteiger partial charge in [-0.2, -0.15) is 13.2 Å². The van der Waals surface area contributed by atoms with E-state index in [1.807, 2.05) is 24.4 Å². The Morgan fingerprint density at radius 2 is 2.17 bits per heavy atom. The summed E-state index contributed by atoms with van der Waals surface area (Å²) >= 11 is 0. The van der Waals surface area contributed by atoms with Gasteiger partial charge in [0.25, 0.3) is 0 Å². The number of urea groups is 1. The molecule has 0 bridgehead atoms. The van der Waals surface area contributed by atoms with E-state index in [9.17, 15) is 18.0 Å². The van der Waals surface area contributed by atoms with Gasteiger partial charge in [0.15, 0.2) is 0 Å². The molecule has 5 nitrogen and oxygen atoms in total. The summed E-state index contributed by atoms with van der Waals surface area (Å²) in [5.41, 5.74) is 1.61. The number of hydrogen-bond donors (Lipinski definition) is 3. The zero-order chi connectivity index (χ0) is 16.4. The average Bonchev–Trinajstić information content (AvgIpc) is 3.05. The number of likely N-dealkylation sites (tertiary alicyclic amines) is 1. The Kier molecular flexibility index (Phi) is 4.16. The van der Waals surface area contributed by atoms with Crippen LogP contribution in [0.25, 0.3) is 10.9 Å². The van der Waals surface area contributed by atoms with E-state index in [0.29, 0.717) is 18.7 Å². The molecular formula is C15H17F3N4O. The molecular weight excluding hydrogens is 309 g/mol. The lowest BCUT2D eigenvalue weighted by Crippen LogP contribution is -2.41. The molecule has 0 radical (unpaired) electrons. The molecule has 1 aromatic carbocycles. The van der Waals surface area contributed by atoms with E-state index in [4.69, 9.17) is 0 Å². The van der Waals surface area contributed by atoms with Crippen LogP contribution in [0.15, 0.2) is 30.5 Å². The van der Waals surface area contributed by atoms with E-state index in [-0.39, 0.29) is 12.6 Å². The molecule has 2 aromatic rings. The summed E-state index contributed by atoms with van der Waals surface area (Å²) < 4.78 is 37.0. The first kappa shape index (κ1) is 15.7. The molecule has 0 saturated carbocycles. The summed E-state index contributed by atoms with van der Waals surface area (Å²) in [4.78, 5) is 16.3. The molecule has 2 heterocycles. The number of fused-ring (bicyclic) bond motifs is 1. The quantitative estimate of drug-likeness (QED) is 0.812. The molecule has 124 valence electrons. The van der Waals surface area contributed by atoms with Gasteiger partial charge < -0.3 is 15.6 Å². The number of rotatable bonds is 3. The average molecular weight is 326 g/mol. The summed E-state index contributed by atoms with van der Waals surface area (Å²) in [6, 6.07) is 6.67. The number of anilines is 1. The number of aromatic amines is 1. The van der Waals surface area contributed by atoms with Crippen LogP contribution in [-0.4, -0.2) is 47.8 Å². The molecule has 1 atom stereocenters. The van der Waals surface area contributed by atoms with Crippen LogP contribution in [0.3, 0.4) is 0 Å². The number of H-pyrrole nitrogens is 1. The third-order valence-electron chi connectivity index (χ3n) is 3.82. The second-order valence-electron chi connectivity index (χ2n) is 5.71. The Hall–Kier alpha value is -2.22. The molecule has 23 heavy (non-hydrogen) atoms. The van der Waals surface area contributed by atoms with Crippen molar-refractivity contribution in [2.75, 3.05) is 25.0 Å². The highest BCUT2D eigenvalue weighted by Crippen LogP contribution is 2.20. The number of benzene rings is 1. The molecule has 1 fully saturated rings. The van der Waals surface area contributed by atoms with Crippen LogP contribution in [0.1, 0.15) is 6.42 Å². The SMILES string of the molecule is O=C(Nc1ccc2[nH]ccc2c1)N[C@@H]1CCN(CC(F)(F)F)C1. The van der Waals surface area contributed by atoms with Gasteiger partial charge in [-0.05, 0) is 30.7 Å². The Bertz CT molecular complexity index is 697. The molecule has 3 N–H and O–H groups in total. The van der Waals surface area contributed by atoms with E-state index >= 15 is 0 Å². The van der Waals surface area contributed by atoms with Crippen molar-refractivity contribution in [2.45, 2.75) is 18.6 Å². The summed E-state index contributed by atoms with van der Waals surface area (Å²) in [6.07, 6.45) is -1.88. The van der Waals surface area contributed by atoms with Crippen LogP contribution >= 0.6 is 0 Å². The number of aromatic nitrogens is 1. The van der Waals surface area contributed by atoms with Crippen LogP contribution in [0.5, 0.6) is 0 Å². The standard InChI is InChI=1S/C15H17F3N4O/c16-15(17,18)9-22-6-4-12(8-22)21-14(23)20-11-1-2-13-10(7-11)3-5-19-13/h1-3,5,7,12,19H,4,6,8-9H2,(H2,20,21,23)/t12-/m1/s1. The predicted octanol–water partition coefficient (Wildman–Crippen LogP) is 2.93. The minimum absolute atomic E-state index is 0.212. The van der Waals surface area contributed by atoms with Crippen LogP contribution in [0.2, 0.25) is 0 Å². The molecule has 1 saturated heterocycles. The van der Waals surface area contributed by atoms with E-state index in [0.717, 1.165) is 10.9 Å². The third kappa shape index (κ3) is 4.16. The highest BCUT2D eigenvalue weighted by atomic mass is 19.4. The van der Waals surface area contributed by atoms with Crippen molar-refractivity contribution in [3.8, 4) is 0 Å². The van der Waals surface area contributed by atoms with E-state index < -0.39 is 18.8 Å². The van der Waals surface area contributed by atoms with E-state index in [2.05, 4.69) is 15.6 Å². The predicted molar refractivity (Wildman–Crippen MR) is 81.4 cm³/mol. The van der Waals surface area contributed by atoms with E-state index in [1.165, 1.54) is 4.90 Å². The lowest BCUT2D eigenvalue weighted by molar-refractivity contribution is -0.143. The highest BCUT2D eigenvalue weighted by Gasteiger charge is 2.34. The Morgan fingerprint density at radius 3 is 2.96 bits per heavy atom. The van der Waals surface area contributed by atoms with Gasteiger partial charge in [0.1, 0.15) is 0 Å². The summed E-state index contributed by atoms with van der Waals surface area (Å²) in [7, 11) is 0. The number of nitrogens with one attached hydrogen (secondary N) is 3. The lowest BCUT2D eigenvalue weighted by Gasteiger charge is -2.18. The second kappa shape index (κ2) is 6.11. The fraction of sp³-hybridized carbons (Fsp3) is 0.400. The Morgan fingerprint density at radius 1 is 1.35 bits per heavy atom. The largest absolute Gasteiger partial charge is 0.401 e. The van der Waals surface area contributed by atoms with Crippen molar-refractivity contribution in [2.24, 2.45) is 0 Å². The van der Waals surface area contributed by atoms with Crippen molar-refractivity contribution >= 4 is 22.6 Å².